The second-order valence-electron chi connectivity index (χ2n) is 13.6. The van der Waals surface area contributed by atoms with Gasteiger partial charge in [-0.1, -0.05) is 146 Å². The van der Waals surface area contributed by atoms with E-state index in [9.17, 15) is 0 Å². The Balaban J connectivity index is 1.06. The number of nitrogens with zero attached hydrogens (tertiary/aromatic N) is 4. The summed E-state index contributed by atoms with van der Waals surface area (Å²) in [6.45, 7) is 0. The van der Waals surface area contributed by atoms with Gasteiger partial charge in [-0.25, -0.2) is 15.0 Å². The predicted molar refractivity (Wildman–Crippen MR) is 220 cm³/mol. The topological polar surface area (TPSA) is 43.6 Å². The van der Waals surface area contributed by atoms with E-state index in [0.29, 0.717) is 17.5 Å². The first kappa shape index (κ1) is 29.5. The van der Waals surface area contributed by atoms with Crippen LogP contribution in [0.1, 0.15) is 0 Å². The molecular formula is C49H30N4. The smallest absolute Gasteiger partial charge is 0.164 e. The third-order valence-electron chi connectivity index (χ3n) is 10.6. The van der Waals surface area contributed by atoms with Crippen molar-refractivity contribution in [3.05, 3.63) is 182 Å². The van der Waals surface area contributed by atoms with Crippen molar-refractivity contribution in [3.63, 3.8) is 0 Å². The molecule has 2 heterocycles. The molecule has 0 N–H and O–H groups in total. The van der Waals surface area contributed by atoms with Crippen molar-refractivity contribution < 1.29 is 0 Å². The minimum atomic E-state index is 0.637. The predicted octanol–water partition coefficient (Wildman–Crippen LogP) is 12.6. The van der Waals surface area contributed by atoms with Crippen LogP contribution in [0, 0.1) is 0 Å². The maximum absolute atomic E-state index is 5.11. The fourth-order valence-corrected chi connectivity index (χ4v) is 8.08. The summed E-state index contributed by atoms with van der Waals surface area (Å²) in [5.41, 5.74) is 6.31. The Labute approximate surface area is 305 Å². The largest absolute Gasteiger partial charge is 0.309 e. The number of para-hydroxylation sites is 1. The van der Waals surface area contributed by atoms with E-state index in [4.69, 9.17) is 15.0 Å². The summed E-state index contributed by atoms with van der Waals surface area (Å²) in [6, 6.07) is 64.5. The lowest BCUT2D eigenvalue weighted by molar-refractivity contribution is 1.07. The first-order chi connectivity index (χ1) is 26.3. The van der Waals surface area contributed by atoms with Gasteiger partial charge in [-0.05, 0) is 74.1 Å². The van der Waals surface area contributed by atoms with Crippen LogP contribution < -0.4 is 0 Å². The molecule has 0 amide bonds. The van der Waals surface area contributed by atoms with Crippen molar-refractivity contribution in [2.75, 3.05) is 0 Å². The molecule has 0 fully saturated rings. The van der Waals surface area contributed by atoms with E-state index in [-0.39, 0.29) is 0 Å². The van der Waals surface area contributed by atoms with Crippen LogP contribution in [0.3, 0.4) is 0 Å². The highest BCUT2D eigenvalue weighted by Gasteiger charge is 2.17. The Morgan fingerprint density at radius 1 is 0.302 bits per heavy atom. The summed E-state index contributed by atoms with van der Waals surface area (Å²) >= 11 is 0. The average molecular weight is 675 g/mol. The van der Waals surface area contributed by atoms with Crippen LogP contribution in [0.2, 0.25) is 0 Å². The summed E-state index contributed by atoms with van der Waals surface area (Å²) in [4.78, 5) is 15.2. The molecule has 2 aromatic heterocycles. The molecule has 4 heteroatoms. The normalized spacial score (nSPS) is 11.8. The second kappa shape index (κ2) is 11.7. The summed E-state index contributed by atoms with van der Waals surface area (Å²) < 4.78 is 2.38. The first-order valence-corrected chi connectivity index (χ1v) is 17.9. The van der Waals surface area contributed by atoms with E-state index in [1.807, 2.05) is 18.2 Å². The van der Waals surface area contributed by atoms with Crippen molar-refractivity contribution in [1.29, 1.82) is 0 Å². The summed E-state index contributed by atoms with van der Waals surface area (Å²) in [7, 11) is 0. The number of fused-ring (bicyclic) bond motifs is 10. The number of hydrogen-bond acceptors (Lipinski definition) is 3. The van der Waals surface area contributed by atoms with Crippen molar-refractivity contribution in [3.8, 4) is 39.9 Å². The monoisotopic (exact) mass is 674 g/mol. The summed E-state index contributed by atoms with van der Waals surface area (Å²) in [6.07, 6.45) is 0. The Bertz CT molecular complexity index is 3220. The lowest BCUT2D eigenvalue weighted by Crippen LogP contribution is -2.00. The van der Waals surface area contributed by atoms with Gasteiger partial charge < -0.3 is 4.57 Å². The highest BCUT2D eigenvalue weighted by Crippen LogP contribution is 2.38. The molecular weight excluding hydrogens is 645 g/mol. The first-order valence-electron chi connectivity index (χ1n) is 17.9. The molecule has 53 heavy (non-hydrogen) atoms. The van der Waals surface area contributed by atoms with Gasteiger partial charge in [0, 0.05) is 38.5 Å². The standard InChI is InChI=1S/C49H30N4/c1-2-12-33(13-3-1)47-50-48(52-49(51-47)36-23-26-39-35(30-36)22-28-41-38-14-6-4-10-31(38)20-27-42(39)41)34-18-24-37(25-19-34)53-45-17-9-8-16-43(45)44-29-21-32-11-5-7-15-40(32)46(44)53/h1-30H. The Morgan fingerprint density at radius 3 is 1.53 bits per heavy atom. The third-order valence-corrected chi connectivity index (χ3v) is 10.6. The highest BCUT2D eigenvalue weighted by molar-refractivity contribution is 6.19. The zero-order chi connectivity index (χ0) is 34.9. The van der Waals surface area contributed by atoms with Crippen LogP contribution in [-0.4, -0.2) is 19.5 Å². The fraction of sp³-hybridized carbons (Fsp3) is 0. The van der Waals surface area contributed by atoms with Gasteiger partial charge in [0.15, 0.2) is 17.5 Å². The van der Waals surface area contributed by atoms with Crippen LogP contribution >= 0.6 is 0 Å². The van der Waals surface area contributed by atoms with Crippen molar-refractivity contribution in [2.45, 2.75) is 0 Å². The van der Waals surface area contributed by atoms with E-state index in [1.165, 1.54) is 59.5 Å². The molecule has 246 valence electrons. The van der Waals surface area contributed by atoms with E-state index in [0.717, 1.165) is 27.8 Å². The van der Waals surface area contributed by atoms with Gasteiger partial charge in [-0.15, -0.1) is 0 Å². The quantitative estimate of drug-likeness (QED) is 0.175. The molecule has 9 aromatic carbocycles. The molecule has 0 radical (unpaired) electrons. The fourth-order valence-electron chi connectivity index (χ4n) is 8.08. The van der Waals surface area contributed by atoms with E-state index < -0.39 is 0 Å². The zero-order valence-electron chi connectivity index (χ0n) is 28.6. The minimum absolute atomic E-state index is 0.637. The summed E-state index contributed by atoms with van der Waals surface area (Å²) in [5, 5.41) is 12.3. The Kier molecular flexibility index (Phi) is 6.52. The van der Waals surface area contributed by atoms with Crippen LogP contribution in [0.5, 0.6) is 0 Å². The Morgan fingerprint density at radius 2 is 0.792 bits per heavy atom. The maximum Gasteiger partial charge on any atom is 0.164 e. The van der Waals surface area contributed by atoms with Crippen LogP contribution in [0.4, 0.5) is 0 Å². The molecule has 0 saturated heterocycles. The molecule has 11 aromatic rings. The maximum atomic E-state index is 5.11. The van der Waals surface area contributed by atoms with Gasteiger partial charge in [0.25, 0.3) is 0 Å². The molecule has 0 aliphatic heterocycles. The molecule has 0 saturated carbocycles. The van der Waals surface area contributed by atoms with Crippen molar-refractivity contribution in [2.24, 2.45) is 0 Å². The molecule has 11 rings (SSSR count). The molecule has 0 unspecified atom stereocenters. The van der Waals surface area contributed by atoms with Gasteiger partial charge in [-0.3, -0.25) is 0 Å². The molecule has 0 spiro atoms. The lowest BCUT2D eigenvalue weighted by Gasteiger charge is -2.12. The zero-order valence-corrected chi connectivity index (χ0v) is 28.6. The lowest BCUT2D eigenvalue weighted by atomic mass is 9.96. The van der Waals surface area contributed by atoms with Crippen LogP contribution in [0.25, 0.3) is 105 Å². The van der Waals surface area contributed by atoms with Gasteiger partial charge in [0.05, 0.1) is 11.0 Å². The average Bonchev–Trinajstić information content (AvgIpc) is 3.58. The van der Waals surface area contributed by atoms with Gasteiger partial charge in [0.2, 0.25) is 0 Å². The SMILES string of the molecule is c1ccc(-c2nc(-c3ccc(-n4c5ccccc5c5ccc6ccccc6c54)cc3)nc(-c3ccc4c(ccc5c6ccccc6ccc45)c3)n2)cc1. The number of aromatic nitrogens is 4. The molecule has 0 atom stereocenters. The van der Waals surface area contributed by atoms with E-state index in [2.05, 4.69) is 168 Å². The second-order valence-corrected chi connectivity index (χ2v) is 13.6. The van der Waals surface area contributed by atoms with Crippen molar-refractivity contribution in [1.82, 2.24) is 19.5 Å². The number of benzene rings is 9. The van der Waals surface area contributed by atoms with E-state index in [1.54, 1.807) is 0 Å². The minimum Gasteiger partial charge on any atom is -0.309 e. The molecule has 0 bridgehead atoms. The Hall–Kier alpha value is -7.17. The molecule has 0 aliphatic rings. The van der Waals surface area contributed by atoms with E-state index >= 15 is 0 Å². The van der Waals surface area contributed by atoms with Gasteiger partial charge in [0.1, 0.15) is 0 Å². The number of hydrogen-bond donors (Lipinski definition) is 0. The summed E-state index contributed by atoms with van der Waals surface area (Å²) in [5.74, 6) is 1.93. The van der Waals surface area contributed by atoms with Crippen LogP contribution in [-0.2, 0) is 0 Å². The van der Waals surface area contributed by atoms with Crippen LogP contribution in [0.15, 0.2) is 182 Å². The molecule has 0 aliphatic carbocycles. The van der Waals surface area contributed by atoms with Crippen molar-refractivity contribution >= 4 is 64.9 Å². The number of rotatable bonds is 4. The van der Waals surface area contributed by atoms with Gasteiger partial charge in [-0.2, -0.15) is 0 Å². The third kappa shape index (κ3) is 4.73. The highest BCUT2D eigenvalue weighted by atomic mass is 15.0. The molecule has 4 nitrogen and oxygen atoms in total. The van der Waals surface area contributed by atoms with Gasteiger partial charge >= 0.3 is 0 Å².